The van der Waals surface area contributed by atoms with Crippen LogP contribution < -0.4 is 0 Å². The number of benzene rings is 2. The summed E-state index contributed by atoms with van der Waals surface area (Å²) in [4.78, 5) is 4.20. The fourth-order valence-electron chi connectivity index (χ4n) is 3.46. The van der Waals surface area contributed by atoms with Crippen molar-refractivity contribution in [1.29, 1.82) is 0 Å². The van der Waals surface area contributed by atoms with Gasteiger partial charge in [0.1, 0.15) is 0 Å². The zero-order valence-electron chi connectivity index (χ0n) is 16.5. The van der Waals surface area contributed by atoms with Crippen molar-refractivity contribution in [3.8, 4) is 11.5 Å². The van der Waals surface area contributed by atoms with Crippen molar-refractivity contribution < 1.29 is 10.2 Å². The molecule has 0 aliphatic carbocycles. The lowest BCUT2D eigenvalue weighted by atomic mass is 9.96. The molecule has 0 bridgehead atoms. The second-order valence-corrected chi connectivity index (χ2v) is 6.74. The van der Waals surface area contributed by atoms with Crippen LogP contribution in [-0.4, -0.2) is 46.2 Å². The molecule has 2 aromatic carbocycles. The van der Waals surface area contributed by atoms with Crippen LogP contribution >= 0.6 is 0 Å². The number of rotatable bonds is 12. The average molecular weight is 379 g/mol. The van der Waals surface area contributed by atoms with Crippen LogP contribution in [0.3, 0.4) is 0 Å². The van der Waals surface area contributed by atoms with Gasteiger partial charge >= 0.3 is 0 Å². The monoisotopic (exact) mass is 378 g/mol. The molecule has 0 heterocycles. The molecule has 4 nitrogen and oxygen atoms in total. The molecule has 0 atom stereocenters. The van der Waals surface area contributed by atoms with Crippen molar-refractivity contribution in [3.05, 3.63) is 86.0 Å². The van der Waals surface area contributed by atoms with Crippen LogP contribution in [0.4, 0.5) is 0 Å². The number of phenolic OH excluding ortho intramolecular Hbond substituents is 2. The minimum absolute atomic E-state index is 0.0658. The number of aromatic hydroxyl groups is 2. The Morgan fingerprint density at radius 2 is 0.964 bits per heavy atom. The van der Waals surface area contributed by atoms with Crippen LogP contribution in [0.15, 0.2) is 74.9 Å². The largest absolute Gasteiger partial charge is 0.504 e. The Balaban J connectivity index is 2.56. The molecular formula is C24H30N2O2. The van der Waals surface area contributed by atoms with E-state index >= 15 is 0 Å². The summed E-state index contributed by atoms with van der Waals surface area (Å²) in [7, 11) is 0. The average Bonchev–Trinajstić information content (AvgIpc) is 2.69. The molecule has 0 unspecified atom stereocenters. The van der Waals surface area contributed by atoms with Gasteiger partial charge in [-0.2, -0.15) is 0 Å². The fraction of sp³-hybridized carbons (Fsp3) is 0.250. The first-order valence-corrected chi connectivity index (χ1v) is 9.40. The molecule has 0 saturated carbocycles. The third kappa shape index (κ3) is 4.91. The first-order valence-electron chi connectivity index (χ1n) is 9.40. The van der Waals surface area contributed by atoms with E-state index in [-0.39, 0.29) is 11.5 Å². The standard InChI is InChI=1S/C24H30N2O2/c1-5-13-25(14-6-2)17-21-19-11-9-10-12-20(19)22(24(28)23(21)27)18-26(15-7-3)16-8-4/h5-12,27-28H,1-4,13-18H2. The van der Waals surface area contributed by atoms with Crippen LogP contribution in [0.1, 0.15) is 11.1 Å². The minimum atomic E-state index is -0.0658. The second kappa shape index (κ2) is 10.5. The summed E-state index contributed by atoms with van der Waals surface area (Å²) >= 11 is 0. The molecule has 2 aromatic rings. The molecule has 148 valence electrons. The van der Waals surface area contributed by atoms with Gasteiger partial charge in [-0.15, -0.1) is 26.3 Å². The third-order valence-corrected chi connectivity index (χ3v) is 4.69. The molecule has 2 rings (SSSR count). The van der Waals surface area contributed by atoms with Gasteiger partial charge in [-0.25, -0.2) is 0 Å². The number of hydrogen-bond acceptors (Lipinski definition) is 4. The van der Waals surface area contributed by atoms with Crippen LogP contribution in [-0.2, 0) is 13.1 Å². The van der Waals surface area contributed by atoms with E-state index in [1.54, 1.807) is 0 Å². The molecule has 0 aliphatic rings. The predicted octanol–water partition coefficient (Wildman–Crippen LogP) is 4.60. The fourth-order valence-corrected chi connectivity index (χ4v) is 3.46. The molecule has 4 heteroatoms. The Morgan fingerprint density at radius 1 is 0.643 bits per heavy atom. The Morgan fingerprint density at radius 3 is 1.25 bits per heavy atom. The lowest BCUT2D eigenvalue weighted by molar-refractivity contribution is 0.310. The van der Waals surface area contributed by atoms with Gasteiger partial charge < -0.3 is 10.2 Å². The van der Waals surface area contributed by atoms with Crippen molar-refractivity contribution in [2.45, 2.75) is 13.1 Å². The van der Waals surface area contributed by atoms with E-state index in [2.05, 4.69) is 36.1 Å². The van der Waals surface area contributed by atoms with Crippen LogP contribution in [0.5, 0.6) is 11.5 Å². The summed E-state index contributed by atoms with van der Waals surface area (Å²) in [6, 6.07) is 7.86. The highest BCUT2D eigenvalue weighted by Crippen LogP contribution is 2.41. The molecule has 2 N–H and O–H groups in total. The van der Waals surface area contributed by atoms with Gasteiger partial charge in [0.05, 0.1) is 0 Å². The first kappa shape index (κ1) is 21.5. The van der Waals surface area contributed by atoms with Gasteiger partial charge in [-0.05, 0) is 10.8 Å². The van der Waals surface area contributed by atoms with Gasteiger partial charge in [0.15, 0.2) is 11.5 Å². The molecule has 0 fully saturated rings. The molecule has 0 radical (unpaired) electrons. The summed E-state index contributed by atoms with van der Waals surface area (Å²) < 4.78 is 0. The van der Waals surface area contributed by atoms with Crippen molar-refractivity contribution in [2.24, 2.45) is 0 Å². The Labute approximate surface area is 168 Å². The number of phenols is 2. The normalized spacial score (nSPS) is 11.1. The zero-order chi connectivity index (χ0) is 20.5. The molecule has 0 saturated heterocycles. The molecule has 0 amide bonds. The Kier molecular flexibility index (Phi) is 8.05. The topological polar surface area (TPSA) is 46.9 Å². The van der Waals surface area contributed by atoms with E-state index in [4.69, 9.17) is 0 Å². The van der Waals surface area contributed by atoms with Gasteiger partial charge in [0.2, 0.25) is 0 Å². The highest BCUT2D eigenvalue weighted by Gasteiger charge is 2.21. The maximum Gasteiger partial charge on any atom is 0.162 e. The highest BCUT2D eigenvalue weighted by molar-refractivity contribution is 5.93. The van der Waals surface area contributed by atoms with E-state index in [0.29, 0.717) is 50.4 Å². The summed E-state index contributed by atoms with van der Waals surface area (Å²) in [6.45, 7) is 18.8. The molecule has 0 aromatic heterocycles. The summed E-state index contributed by atoms with van der Waals surface area (Å²) in [5.74, 6) is -0.132. The lowest BCUT2D eigenvalue weighted by Gasteiger charge is -2.24. The second-order valence-electron chi connectivity index (χ2n) is 6.74. The maximum atomic E-state index is 10.8. The number of fused-ring (bicyclic) bond motifs is 1. The van der Waals surface area contributed by atoms with E-state index in [9.17, 15) is 10.2 Å². The Hall–Kier alpha value is -2.82. The first-order chi connectivity index (χ1) is 13.6. The highest BCUT2D eigenvalue weighted by atomic mass is 16.3. The molecule has 0 spiro atoms. The van der Waals surface area contributed by atoms with Crippen LogP contribution in [0.25, 0.3) is 10.8 Å². The summed E-state index contributed by atoms with van der Waals surface area (Å²) in [5, 5.41) is 23.6. The summed E-state index contributed by atoms with van der Waals surface area (Å²) in [6.07, 6.45) is 7.28. The lowest BCUT2D eigenvalue weighted by Crippen LogP contribution is -2.24. The van der Waals surface area contributed by atoms with Gasteiger partial charge in [-0.1, -0.05) is 48.6 Å². The van der Waals surface area contributed by atoms with E-state index in [1.807, 2.05) is 48.6 Å². The van der Waals surface area contributed by atoms with Gasteiger partial charge in [-0.3, -0.25) is 9.80 Å². The number of nitrogens with zero attached hydrogens (tertiary/aromatic N) is 2. The molecular weight excluding hydrogens is 348 g/mol. The van der Waals surface area contributed by atoms with Crippen LogP contribution in [0.2, 0.25) is 0 Å². The van der Waals surface area contributed by atoms with Crippen molar-refractivity contribution in [2.75, 3.05) is 26.2 Å². The van der Waals surface area contributed by atoms with E-state index < -0.39 is 0 Å². The van der Waals surface area contributed by atoms with Crippen LogP contribution in [0, 0.1) is 0 Å². The quantitative estimate of drug-likeness (QED) is 0.419. The third-order valence-electron chi connectivity index (χ3n) is 4.69. The predicted molar refractivity (Wildman–Crippen MR) is 119 cm³/mol. The van der Waals surface area contributed by atoms with E-state index in [1.165, 1.54) is 0 Å². The smallest absolute Gasteiger partial charge is 0.162 e. The molecule has 28 heavy (non-hydrogen) atoms. The van der Waals surface area contributed by atoms with Crippen molar-refractivity contribution in [1.82, 2.24) is 9.80 Å². The molecule has 0 aliphatic heterocycles. The maximum absolute atomic E-state index is 10.8. The Bertz CT molecular complexity index is 767. The van der Waals surface area contributed by atoms with Gasteiger partial charge in [0.25, 0.3) is 0 Å². The van der Waals surface area contributed by atoms with Crippen molar-refractivity contribution >= 4 is 10.8 Å². The minimum Gasteiger partial charge on any atom is -0.504 e. The van der Waals surface area contributed by atoms with Crippen molar-refractivity contribution in [3.63, 3.8) is 0 Å². The summed E-state index contributed by atoms with van der Waals surface area (Å²) in [5.41, 5.74) is 1.42. The van der Waals surface area contributed by atoms with E-state index in [0.717, 1.165) is 10.8 Å². The number of hydrogen-bond donors (Lipinski definition) is 2. The SMILES string of the molecule is C=CCN(CC=C)Cc1c(O)c(O)c(CN(CC=C)CC=C)c2ccccc12. The zero-order valence-corrected chi connectivity index (χ0v) is 16.5. The van der Waals surface area contributed by atoms with Gasteiger partial charge in [0, 0.05) is 50.4 Å².